The molecule has 25 heavy (non-hydrogen) atoms. The maximum absolute atomic E-state index is 13.5. The van der Waals surface area contributed by atoms with Crippen molar-refractivity contribution >= 4 is 6.09 Å². The molecule has 0 aromatic heterocycles. The summed E-state index contributed by atoms with van der Waals surface area (Å²) >= 11 is 0. The summed E-state index contributed by atoms with van der Waals surface area (Å²) in [6, 6.07) is 1.73. The maximum Gasteiger partial charge on any atom is 0.412 e. The molecule has 1 heterocycles. The molecule has 0 aliphatic carbocycles. The van der Waals surface area contributed by atoms with Crippen LogP contribution in [0.2, 0.25) is 0 Å². The van der Waals surface area contributed by atoms with Gasteiger partial charge in [-0.2, -0.15) is 0 Å². The van der Waals surface area contributed by atoms with Gasteiger partial charge in [-0.25, -0.2) is 13.6 Å². The van der Waals surface area contributed by atoms with Gasteiger partial charge in [0.2, 0.25) is 6.04 Å². The van der Waals surface area contributed by atoms with Gasteiger partial charge in [0.15, 0.2) is 11.6 Å². The van der Waals surface area contributed by atoms with Crippen molar-refractivity contribution in [2.24, 2.45) is 0 Å². The highest BCUT2D eigenvalue weighted by atomic mass is 19.2. The number of hydrogen-bond donors (Lipinski definition) is 1. The first-order valence-corrected chi connectivity index (χ1v) is 7.75. The average molecular weight is 358 g/mol. The van der Waals surface area contributed by atoms with Crippen LogP contribution in [0.5, 0.6) is 0 Å². The van der Waals surface area contributed by atoms with Crippen LogP contribution in [0.3, 0.4) is 0 Å². The lowest BCUT2D eigenvalue weighted by atomic mass is 9.84. The Kier molecular flexibility index (Phi) is 5.26. The fraction of sp³-hybridized carbons (Fsp3) is 0.562. The van der Waals surface area contributed by atoms with Crippen molar-refractivity contribution in [2.75, 3.05) is 6.54 Å². The molecule has 3 atom stereocenters. The van der Waals surface area contributed by atoms with E-state index in [1.807, 2.05) is 0 Å². The average Bonchev–Trinajstić information content (AvgIpc) is 2.47. The Morgan fingerprint density at radius 3 is 2.52 bits per heavy atom. The summed E-state index contributed by atoms with van der Waals surface area (Å²) in [5.74, 6) is -3.05. The molecule has 1 unspecified atom stereocenters. The molecule has 1 amide bonds. The minimum absolute atomic E-state index is 0.185. The first-order chi connectivity index (χ1) is 11.5. The quantitative estimate of drug-likeness (QED) is 0.648. The van der Waals surface area contributed by atoms with Gasteiger partial charge >= 0.3 is 6.09 Å². The highest BCUT2D eigenvalue weighted by Gasteiger charge is 2.45. The SMILES string of the molecule is CC(C)(C)OC(=O)N1C[C@@H]([N+](=O)[O-])[C@H](c2ccc(F)c(F)c2)CC1O. The van der Waals surface area contributed by atoms with Gasteiger partial charge in [0, 0.05) is 11.3 Å². The van der Waals surface area contributed by atoms with Gasteiger partial charge < -0.3 is 9.84 Å². The lowest BCUT2D eigenvalue weighted by Gasteiger charge is -2.38. The van der Waals surface area contributed by atoms with Crippen LogP contribution in [0.4, 0.5) is 13.6 Å². The fourth-order valence-electron chi connectivity index (χ4n) is 2.79. The molecule has 0 spiro atoms. The number of benzene rings is 1. The number of aliphatic hydroxyl groups is 1. The third kappa shape index (κ3) is 4.41. The molecule has 1 aromatic carbocycles. The fourth-order valence-corrected chi connectivity index (χ4v) is 2.79. The number of rotatable bonds is 2. The molecule has 1 fully saturated rings. The molecule has 2 rings (SSSR count). The van der Waals surface area contributed by atoms with Gasteiger partial charge in [0.05, 0.1) is 12.5 Å². The van der Waals surface area contributed by atoms with Crippen molar-refractivity contribution in [1.29, 1.82) is 0 Å². The summed E-state index contributed by atoms with van der Waals surface area (Å²) in [7, 11) is 0. The zero-order chi connectivity index (χ0) is 18.9. The van der Waals surface area contributed by atoms with Crippen LogP contribution in [0.1, 0.15) is 38.7 Å². The minimum Gasteiger partial charge on any atom is -0.444 e. The summed E-state index contributed by atoms with van der Waals surface area (Å²) in [6.07, 6.45) is -2.38. The second-order valence-electron chi connectivity index (χ2n) is 6.98. The van der Waals surface area contributed by atoms with E-state index in [9.17, 15) is 28.8 Å². The van der Waals surface area contributed by atoms with Crippen LogP contribution in [-0.4, -0.2) is 45.4 Å². The molecule has 0 saturated carbocycles. The van der Waals surface area contributed by atoms with Crippen molar-refractivity contribution < 1.29 is 28.3 Å². The third-order valence-corrected chi connectivity index (χ3v) is 3.94. The highest BCUT2D eigenvalue weighted by Crippen LogP contribution is 2.34. The van der Waals surface area contributed by atoms with E-state index < -0.39 is 53.0 Å². The van der Waals surface area contributed by atoms with E-state index in [0.717, 1.165) is 17.0 Å². The molecule has 7 nitrogen and oxygen atoms in total. The van der Waals surface area contributed by atoms with Crippen molar-refractivity contribution in [1.82, 2.24) is 4.90 Å². The van der Waals surface area contributed by atoms with E-state index >= 15 is 0 Å². The zero-order valence-corrected chi connectivity index (χ0v) is 14.1. The van der Waals surface area contributed by atoms with Crippen LogP contribution >= 0.6 is 0 Å². The van der Waals surface area contributed by atoms with Gasteiger partial charge in [-0.15, -0.1) is 0 Å². The van der Waals surface area contributed by atoms with Crippen LogP contribution < -0.4 is 0 Å². The van der Waals surface area contributed by atoms with Crippen LogP contribution in [0.25, 0.3) is 0 Å². The number of ether oxygens (including phenoxy) is 1. The first-order valence-electron chi connectivity index (χ1n) is 7.75. The third-order valence-electron chi connectivity index (χ3n) is 3.94. The normalized spacial score (nSPS) is 24.1. The van der Waals surface area contributed by atoms with E-state index in [2.05, 4.69) is 0 Å². The van der Waals surface area contributed by atoms with E-state index in [-0.39, 0.29) is 12.0 Å². The lowest BCUT2D eigenvalue weighted by Crippen LogP contribution is -2.55. The van der Waals surface area contributed by atoms with Crippen molar-refractivity contribution in [3.05, 3.63) is 45.5 Å². The largest absolute Gasteiger partial charge is 0.444 e. The molecule has 1 aliphatic heterocycles. The van der Waals surface area contributed by atoms with E-state index in [0.29, 0.717) is 0 Å². The Labute approximate surface area is 143 Å². The molecular formula is C16H20F2N2O5. The van der Waals surface area contributed by atoms with Crippen LogP contribution in [0, 0.1) is 21.7 Å². The first kappa shape index (κ1) is 19.0. The minimum atomic E-state index is -1.33. The second kappa shape index (κ2) is 6.91. The number of likely N-dealkylation sites (tertiary alicyclic amines) is 1. The van der Waals surface area contributed by atoms with Gasteiger partial charge in [0.1, 0.15) is 11.8 Å². The summed E-state index contributed by atoms with van der Waals surface area (Å²) < 4.78 is 31.7. The van der Waals surface area contributed by atoms with Crippen molar-refractivity contribution in [3.8, 4) is 0 Å². The number of carbonyl (C=O) groups is 1. The van der Waals surface area contributed by atoms with Crippen LogP contribution in [-0.2, 0) is 4.74 Å². The molecule has 1 N–H and O–H groups in total. The standard InChI is InChI=1S/C16H20F2N2O5/c1-16(2,3)25-15(22)19-8-13(20(23)24)10(7-14(19)21)9-4-5-11(17)12(18)6-9/h4-6,10,13-14,21H,7-8H2,1-3H3/t10-,13+,14?/m0/s1. The number of aliphatic hydroxyl groups excluding tert-OH is 1. The van der Waals surface area contributed by atoms with E-state index in [1.54, 1.807) is 20.8 Å². The summed E-state index contributed by atoms with van der Waals surface area (Å²) in [6.45, 7) is 4.51. The zero-order valence-electron chi connectivity index (χ0n) is 14.1. The highest BCUT2D eigenvalue weighted by molar-refractivity contribution is 5.68. The molecule has 1 aliphatic rings. The Hall–Kier alpha value is -2.29. The van der Waals surface area contributed by atoms with E-state index in [4.69, 9.17) is 4.74 Å². The van der Waals surface area contributed by atoms with Crippen molar-refractivity contribution in [3.63, 3.8) is 0 Å². The van der Waals surface area contributed by atoms with E-state index in [1.165, 1.54) is 6.07 Å². The number of amides is 1. The van der Waals surface area contributed by atoms with Gasteiger partial charge in [0.25, 0.3) is 0 Å². The molecule has 0 bridgehead atoms. The Bertz CT molecular complexity index is 677. The predicted molar refractivity (Wildman–Crippen MR) is 83.4 cm³/mol. The number of hydrogen-bond acceptors (Lipinski definition) is 5. The monoisotopic (exact) mass is 358 g/mol. The molecule has 9 heteroatoms. The van der Waals surface area contributed by atoms with Gasteiger partial charge in [-0.05, 0) is 38.5 Å². The summed E-state index contributed by atoms with van der Waals surface area (Å²) in [4.78, 5) is 23.9. The second-order valence-corrected chi connectivity index (χ2v) is 6.98. The number of halogens is 2. The predicted octanol–water partition coefficient (Wildman–Crippen LogP) is 2.65. The van der Waals surface area contributed by atoms with Gasteiger partial charge in [-0.1, -0.05) is 6.07 Å². The number of carbonyl (C=O) groups excluding carboxylic acids is 1. The number of nitro groups is 1. The smallest absolute Gasteiger partial charge is 0.412 e. The Balaban J connectivity index is 2.26. The maximum atomic E-state index is 13.5. The molecule has 1 aromatic rings. The molecular weight excluding hydrogens is 338 g/mol. The number of nitrogens with zero attached hydrogens (tertiary/aromatic N) is 2. The molecule has 138 valence electrons. The van der Waals surface area contributed by atoms with Crippen LogP contribution in [0.15, 0.2) is 18.2 Å². The lowest BCUT2D eigenvalue weighted by molar-refractivity contribution is -0.531. The Morgan fingerprint density at radius 1 is 1.36 bits per heavy atom. The molecule has 0 radical (unpaired) electrons. The molecule has 1 saturated heterocycles. The van der Waals surface area contributed by atoms with Crippen molar-refractivity contribution in [2.45, 2.75) is 51.0 Å². The Morgan fingerprint density at radius 2 is 2.00 bits per heavy atom. The topological polar surface area (TPSA) is 92.9 Å². The summed E-state index contributed by atoms with van der Waals surface area (Å²) in [5.41, 5.74) is -0.624. The van der Waals surface area contributed by atoms with Gasteiger partial charge in [-0.3, -0.25) is 15.0 Å². The summed E-state index contributed by atoms with van der Waals surface area (Å²) in [5, 5.41) is 21.7. The number of piperidine rings is 1.